The molecule has 37 heavy (non-hydrogen) atoms. The van der Waals surface area contributed by atoms with Crippen LogP contribution < -0.4 is 27.8 Å². The maximum Gasteiger partial charge on any atom is 0.326 e. The molecule has 0 spiro atoms. The minimum absolute atomic E-state index is 0.207. The van der Waals surface area contributed by atoms with Crippen molar-refractivity contribution in [1.29, 1.82) is 0 Å². The molecule has 11 heteroatoms. The maximum atomic E-state index is 13.4. The van der Waals surface area contributed by atoms with Gasteiger partial charge in [-0.25, -0.2) is 4.79 Å². The predicted octanol–water partition coefficient (Wildman–Crippen LogP) is -0.140. The quantitative estimate of drug-likeness (QED) is 0.163. The number of benzene rings is 1. The zero-order chi connectivity index (χ0) is 27.2. The van der Waals surface area contributed by atoms with Gasteiger partial charge in [0.2, 0.25) is 17.7 Å². The number of carboxylic acid groups (broad SMARTS) is 1. The summed E-state index contributed by atoms with van der Waals surface area (Å²) < 4.78 is 0. The Morgan fingerprint density at radius 2 is 1.54 bits per heavy atom. The molecular weight excluding hydrogens is 476 g/mol. The summed E-state index contributed by atoms with van der Waals surface area (Å²) in [6, 6.07) is 5.63. The van der Waals surface area contributed by atoms with E-state index in [2.05, 4.69) is 10.6 Å². The Balaban J connectivity index is 2.19. The number of carbonyl (C=O) groups excluding carboxylic acids is 3. The molecule has 9 N–H and O–H groups in total. The topological polar surface area (TPSA) is 194 Å². The molecule has 0 saturated carbocycles. The smallest absolute Gasteiger partial charge is 0.326 e. The molecule has 1 fully saturated rings. The van der Waals surface area contributed by atoms with Gasteiger partial charge in [-0.05, 0) is 63.6 Å². The van der Waals surface area contributed by atoms with Crippen LogP contribution in [0.15, 0.2) is 30.3 Å². The number of carbonyl (C=O) groups is 4. The number of hydrogen-bond donors (Lipinski definition) is 6. The first kappa shape index (κ1) is 30.2. The Kier molecular flexibility index (Phi) is 13.0. The number of unbranched alkanes of at least 4 members (excludes halogenated alkanes) is 2. The molecule has 0 radical (unpaired) electrons. The summed E-state index contributed by atoms with van der Waals surface area (Å²) in [5, 5.41) is 15.1. The molecule has 4 unspecified atom stereocenters. The molecule has 1 aromatic rings. The third-order valence-electron chi connectivity index (χ3n) is 6.60. The lowest BCUT2D eigenvalue weighted by atomic mass is 10.0. The van der Waals surface area contributed by atoms with E-state index in [1.807, 2.05) is 30.3 Å². The SMILES string of the molecule is NCCCCC(N)C(=O)NC(Cc1ccccc1)C(=O)NC(CCCCN)C(=O)N1CCCC1C(=O)O. The highest BCUT2D eigenvalue weighted by Gasteiger charge is 2.38. The van der Waals surface area contributed by atoms with E-state index in [9.17, 15) is 24.3 Å². The first-order valence-electron chi connectivity index (χ1n) is 13.1. The Bertz CT molecular complexity index is 883. The number of likely N-dealkylation sites (tertiary alicyclic amines) is 1. The summed E-state index contributed by atoms with van der Waals surface area (Å²) in [6.45, 7) is 1.26. The second kappa shape index (κ2) is 16.0. The number of amides is 3. The number of nitrogens with one attached hydrogen (secondary N) is 2. The molecule has 1 aromatic carbocycles. The van der Waals surface area contributed by atoms with Crippen LogP contribution in [-0.2, 0) is 25.6 Å². The van der Waals surface area contributed by atoms with Crippen molar-refractivity contribution in [2.75, 3.05) is 19.6 Å². The number of rotatable bonds is 16. The van der Waals surface area contributed by atoms with Crippen LogP contribution in [0, 0.1) is 0 Å². The van der Waals surface area contributed by atoms with Crippen molar-refractivity contribution in [1.82, 2.24) is 15.5 Å². The normalized spacial score (nSPS) is 17.6. The molecule has 0 bridgehead atoms. The van der Waals surface area contributed by atoms with Crippen LogP contribution in [0.4, 0.5) is 0 Å². The molecular formula is C26H42N6O5. The number of nitrogens with zero attached hydrogens (tertiary/aromatic N) is 1. The van der Waals surface area contributed by atoms with Gasteiger partial charge >= 0.3 is 5.97 Å². The highest BCUT2D eigenvalue weighted by molar-refractivity contribution is 5.94. The van der Waals surface area contributed by atoms with Crippen molar-refractivity contribution in [3.63, 3.8) is 0 Å². The van der Waals surface area contributed by atoms with Gasteiger partial charge < -0.3 is 37.8 Å². The highest BCUT2D eigenvalue weighted by Crippen LogP contribution is 2.20. The molecule has 4 atom stereocenters. The molecule has 0 aliphatic carbocycles. The van der Waals surface area contributed by atoms with Crippen molar-refractivity contribution < 1.29 is 24.3 Å². The second-order valence-corrected chi connectivity index (χ2v) is 9.52. The summed E-state index contributed by atoms with van der Waals surface area (Å²) in [4.78, 5) is 52.6. The molecule has 0 aromatic heterocycles. The van der Waals surface area contributed by atoms with Gasteiger partial charge in [-0.3, -0.25) is 14.4 Å². The van der Waals surface area contributed by atoms with Gasteiger partial charge in [-0.2, -0.15) is 0 Å². The van der Waals surface area contributed by atoms with Crippen LogP contribution in [0.5, 0.6) is 0 Å². The Morgan fingerprint density at radius 3 is 2.16 bits per heavy atom. The lowest BCUT2D eigenvalue weighted by Crippen LogP contribution is -2.57. The fraction of sp³-hybridized carbons (Fsp3) is 0.615. The van der Waals surface area contributed by atoms with Crippen molar-refractivity contribution in [2.24, 2.45) is 17.2 Å². The van der Waals surface area contributed by atoms with Crippen molar-refractivity contribution in [3.8, 4) is 0 Å². The summed E-state index contributed by atoms with van der Waals surface area (Å²) in [5.41, 5.74) is 18.0. The van der Waals surface area contributed by atoms with E-state index >= 15 is 0 Å². The Hall–Kier alpha value is -3.02. The molecule has 1 saturated heterocycles. The average molecular weight is 519 g/mol. The molecule has 3 amide bonds. The zero-order valence-electron chi connectivity index (χ0n) is 21.4. The fourth-order valence-electron chi connectivity index (χ4n) is 4.49. The van der Waals surface area contributed by atoms with E-state index in [0.717, 1.165) is 12.0 Å². The number of nitrogens with two attached hydrogens (primary N) is 3. The minimum Gasteiger partial charge on any atom is -0.480 e. The predicted molar refractivity (Wildman–Crippen MR) is 140 cm³/mol. The van der Waals surface area contributed by atoms with Crippen LogP contribution in [0.3, 0.4) is 0 Å². The van der Waals surface area contributed by atoms with Gasteiger partial charge in [0.15, 0.2) is 0 Å². The molecule has 2 rings (SSSR count). The van der Waals surface area contributed by atoms with E-state index in [4.69, 9.17) is 17.2 Å². The van der Waals surface area contributed by atoms with Gasteiger partial charge in [0.05, 0.1) is 6.04 Å². The third-order valence-corrected chi connectivity index (χ3v) is 6.60. The average Bonchev–Trinajstić information content (AvgIpc) is 3.38. The monoisotopic (exact) mass is 518 g/mol. The molecule has 1 heterocycles. The van der Waals surface area contributed by atoms with E-state index in [1.165, 1.54) is 4.90 Å². The summed E-state index contributed by atoms with van der Waals surface area (Å²) in [6.07, 6.45) is 4.60. The van der Waals surface area contributed by atoms with Gasteiger partial charge in [0.1, 0.15) is 18.1 Å². The lowest BCUT2D eigenvalue weighted by Gasteiger charge is -2.29. The molecule has 11 nitrogen and oxygen atoms in total. The Labute approximate surface area is 218 Å². The number of hydrogen-bond acceptors (Lipinski definition) is 7. The molecule has 1 aliphatic rings. The van der Waals surface area contributed by atoms with Gasteiger partial charge in [0.25, 0.3) is 0 Å². The molecule has 1 aliphatic heterocycles. The van der Waals surface area contributed by atoms with Crippen LogP contribution in [0.25, 0.3) is 0 Å². The number of carboxylic acids is 1. The van der Waals surface area contributed by atoms with E-state index in [-0.39, 0.29) is 6.42 Å². The van der Waals surface area contributed by atoms with Gasteiger partial charge in [-0.1, -0.05) is 36.8 Å². The summed E-state index contributed by atoms with van der Waals surface area (Å²) >= 11 is 0. The second-order valence-electron chi connectivity index (χ2n) is 9.52. The zero-order valence-corrected chi connectivity index (χ0v) is 21.4. The fourth-order valence-corrected chi connectivity index (χ4v) is 4.49. The van der Waals surface area contributed by atoms with Gasteiger partial charge in [-0.15, -0.1) is 0 Å². The van der Waals surface area contributed by atoms with Crippen molar-refractivity contribution >= 4 is 23.7 Å². The third kappa shape index (κ3) is 9.75. The highest BCUT2D eigenvalue weighted by atomic mass is 16.4. The largest absolute Gasteiger partial charge is 0.480 e. The van der Waals surface area contributed by atoms with Crippen LogP contribution in [0.1, 0.15) is 56.9 Å². The van der Waals surface area contributed by atoms with Crippen LogP contribution in [-0.4, -0.2) is 77.5 Å². The van der Waals surface area contributed by atoms with E-state index < -0.39 is 47.9 Å². The van der Waals surface area contributed by atoms with E-state index in [0.29, 0.717) is 64.6 Å². The number of aliphatic carboxylic acids is 1. The van der Waals surface area contributed by atoms with E-state index in [1.54, 1.807) is 0 Å². The van der Waals surface area contributed by atoms with Crippen molar-refractivity contribution in [3.05, 3.63) is 35.9 Å². The summed E-state index contributed by atoms with van der Waals surface area (Å²) in [5.74, 6) is -2.47. The van der Waals surface area contributed by atoms with Gasteiger partial charge in [0, 0.05) is 13.0 Å². The minimum atomic E-state index is -1.06. The Morgan fingerprint density at radius 1 is 0.919 bits per heavy atom. The maximum absolute atomic E-state index is 13.4. The van der Waals surface area contributed by atoms with Crippen molar-refractivity contribution in [2.45, 2.75) is 82.0 Å². The standard InChI is InChI=1S/C26H42N6O5/c27-14-6-4-11-19(29)23(33)31-21(17-18-9-2-1-3-10-18)24(34)30-20(12-5-7-15-28)25(35)32-16-8-13-22(32)26(36)37/h1-3,9-10,19-22H,4-8,11-17,27-29H2,(H,30,34)(H,31,33)(H,36,37). The summed E-state index contributed by atoms with van der Waals surface area (Å²) in [7, 11) is 0. The molecule has 206 valence electrons. The van der Waals surface area contributed by atoms with Crippen LogP contribution >= 0.6 is 0 Å². The van der Waals surface area contributed by atoms with Crippen LogP contribution in [0.2, 0.25) is 0 Å². The first-order valence-corrected chi connectivity index (χ1v) is 13.1. The lowest BCUT2D eigenvalue weighted by molar-refractivity contribution is -0.149. The first-order chi connectivity index (χ1) is 17.8.